The van der Waals surface area contributed by atoms with Gasteiger partial charge in [0, 0.05) is 16.9 Å². The van der Waals surface area contributed by atoms with E-state index < -0.39 is 5.97 Å². The molecule has 17 heavy (non-hydrogen) atoms. The normalized spacial score (nSPS) is 12.8. The molecule has 1 heterocycles. The van der Waals surface area contributed by atoms with Gasteiger partial charge in [-0.1, -0.05) is 20.8 Å². The predicted octanol–water partition coefficient (Wildman–Crippen LogP) is 2.86. The minimum absolute atomic E-state index is 0.0156. The monoisotopic (exact) mass is 254 g/mol. The molecule has 0 aliphatic carbocycles. The number of carboxylic acids is 1. The second kappa shape index (κ2) is 6.00. The summed E-state index contributed by atoms with van der Waals surface area (Å²) in [5.74, 6) is 0.318. The summed E-state index contributed by atoms with van der Waals surface area (Å²) in [6, 6.07) is 1.90. The van der Waals surface area contributed by atoms with Crippen molar-refractivity contribution in [3.05, 3.63) is 17.6 Å². The molecule has 1 atom stereocenters. The highest BCUT2D eigenvalue weighted by Crippen LogP contribution is 2.25. The molecule has 0 bridgehead atoms. The molecular weight excluding hydrogens is 236 g/mol. The molecule has 0 aliphatic heterocycles. The van der Waals surface area contributed by atoms with Crippen LogP contribution in [0, 0.1) is 6.92 Å². The molecular formula is C12H18N2O2S. The van der Waals surface area contributed by atoms with E-state index in [1.807, 2.05) is 33.8 Å². The lowest BCUT2D eigenvalue weighted by Crippen LogP contribution is -2.07. The molecule has 1 N–H and O–H groups in total. The van der Waals surface area contributed by atoms with Crippen molar-refractivity contribution in [3.63, 3.8) is 0 Å². The first kappa shape index (κ1) is 14.0. The number of thioether (sulfide) groups is 1. The molecule has 0 amide bonds. The standard InChI is InChI=1S/C12H18N2O2S/c1-7(2)12-13-8(3)5-10(14-12)17-9(4)6-11(15)16/h5,7,9H,6H2,1-4H3,(H,15,16). The van der Waals surface area contributed by atoms with Crippen molar-refractivity contribution in [3.8, 4) is 0 Å². The second-order valence-electron chi connectivity index (χ2n) is 4.39. The van der Waals surface area contributed by atoms with Gasteiger partial charge in [0.1, 0.15) is 10.9 Å². The van der Waals surface area contributed by atoms with Gasteiger partial charge in [-0.25, -0.2) is 9.97 Å². The Labute approximate surface area is 106 Å². The van der Waals surface area contributed by atoms with Gasteiger partial charge in [0.25, 0.3) is 0 Å². The van der Waals surface area contributed by atoms with E-state index in [9.17, 15) is 4.79 Å². The van der Waals surface area contributed by atoms with Crippen LogP contribution in [0.15, 0.2) is 11.1 Å². The van der Waals surface area contributed by atoms with Gasteiger partial charge in [-0.3, -0.25) is 4.79 Å². The summed E-state index contributed by atoms with van der Waals surface area (Å²) in [6.45, 7) is 7.92. The lowest BCUT2D eigenvalue weighted by molar-refractivity contribution is -0.136. The van der Waals surface area contributed by atoms with E-state index in [4.69, 9.17) is 5.11 Å². The van der Waals surface area contributed by atoms with Crippen molar-refractivity contribution in [2.45, 2.75) is 50.3 Å². The van der Waals surface area contributed by atoms with Crippen molar-refractivity contribution in [1.82, 2.24) is 9.97 Å². The minimum Gasteiger partial charge on any atom is -0.481 e. The maximum atomic E-state index is 10.6. The lowest BCUT2D eigenvalue weighted by Gasteiger charge is -2.11. The molecule has 94 valence electrons. The average molecular weight is 254 g/mol. The smallest absolute Gasteiger partial charge is 0.304 e. The molecule has 0 fully saturated rings. The van der Waals surface area contributed by atoms with E-state index in [1.54, 1.807) is 0 Å². The third-order valence-electron chi connectivity index (χ3n) is 2.15. The molecule has 0 aliphatic rings. The summed E-state index contributed by atoms with van der Waals surface area (Å²) in [7, 11) is 0. The van der Waals surface area contributed by atoms with E-state index >= 15 is 0 Å². The summed E-state index contributed by atoms with van der Waals surface area (Å²) < 4.78 is 0. The Kier molecular flexibility index (Phi) is 4.93. The first-order chi connectivity index (χ1) is 7.88. The number of aryl methyl sites for hydroxylation is 1. The zero-order chi connectivity index (χ0) is 13.0. The molecule has 5 heteroatoms. The molecule has 0 saturated heterocycles. The molecule has 1 unspecified atom stereocenters. The number of carbonyl (C=O) groups is 1. The van der Waals surface area contributed by atoms with Gasteiger partial charge in [0.05, 0.1) is 6.42 Å². The molecule has 0 aromatic carbocycles. The van der Waals surface area contributed by atoms with E-state index in [-0.39, 0.29) is 17.6 Å². The SMILES string of the molecule is Cc1cc(SC(C)CC(=O)O)nc(C(C)C)n1. The quantitative estimate of drug-likeness (QED) is 0.646. The number of hydrogen-bond acceptors (Lipinski definition) is 4. The van der Waals surface area contributed by atoms with E-state index in [1.165, 1.54) is 11.8 Å². The van der Waals surface area contributed by atoms with Crippen LogP contribution in [-0.2, 0) is 4.79 Å². The highest BCUT2D eigenvalue weighted by atomic mass is 32.2. The minimum atomic E-state index is -0.778. The van der Waals surface area contributed by atoms with Crippen LogP contribution in [-0.4, -0.2) is 26.3 Å². The second-order valence-corrected chi connectivity index (χ2v) is 5.85. The summed E-state index contributed by atoms with van der Waals surface area (Å²) in [5.41, 5.74) is 0.925. The van der Waals surface area contributed by atoms with Crippen molar-refractivity contribution < 1.29 is 9.90 Å². The van der Waals surface area contributed by atoms with Crippen LogP contribution in [0.25, 0.3) is 0 Å². The van der Waals surface area contributed by atoms with Crippen LogP contribution in [0.3, 0.4) is 0 Å². The summed E-state index contributed by atoms with van der Waals surface area (Å²) in [5, 5.41) is 9.59. The summed E-state index contributed by atoms with van der Waals surface area (Å²) >= 11 is 1.49. The number of aliphatic carboxylic acids is 1. The van der Waals surface area contributed by atoms with E-state index in [0.29, 0.717) is 0 Å². The van der Waals surface area contributed by atoms with E-state index in [0.717, 1.165) is 16.5 Å². The molecule has 1 rings (SSSR count). The van der Waals surface area contributed by atoms with Crippen LogP contribution >= 0.6 is 11.8 Å². The average Bonchev–Trinajstić information content (AvgIpc) is 2.14. The van der Waals surface area contributed by atoms with Gasteiger partial charge in [0.15, 0.2) is 0 Å². The maximum absolute atomic E-state index is 10.6. The Morgan fingerprint density at radius 1 is 1.41 bits per heavy atom. The van der Waals surface area contributed by atoms with Crippen LogP contribution in [0.1, 0.15) is 44.6 Å². The van der Waals surface area contributed by atoms with Gasteiger partial charge >= 0.3 is 5.97 Å². The van der Waals surface area contributed by atoms with Crippen molar-refractivity contribution in [2.24, 2.45) is 0 Å². The Morgan fingerprint density at radius 3 is 2.59 bits per heavy atom. The van der Waals surface area contributed by atoms with Gasteiger partial charge in [0.2, 0.25) is 0 Å². The zero-order valence-corrected chi connectivity index (χ0v) is 11.4. The van der Waals surface area contributed by atoms with Crippen LogP contribution in [0.2, 0.25) is 0 Å². The van der Waals surface area contributed by atoms with Crippen LogP contribution in [0.4, 0.5) is 0 Å². The van der Waals surface area contributed by atoms with Gasteiger partial charge in [-0.15, -0.1) is 11.8 Å². The van der Waals surface area contributed by atoms with Crippen LogP contribution < -0.4 is 0 Å². The highest BCUT2D eigenvalue weighted by Gasteiger charge is 2.12. The number of aromatic nitrogens is 2. The number of hydrogen-bond donors (Lipinski definition) is 1. The predicted molar refractivity (Wildman–Crippen MR) is 68.4 cm³/mol. The van der Waals surface area contributed by atoms with Crippen LogP contribution in [0.5, 0.6) is 0 Å². The third kappa shape index (κ3) is 4.73. The van der Waals surface area contributed by atoms with Crippen molar-refractivity contribution in [1.29, 1.82) is 0 Å². The Bertz CT molecular complexity index is 407. The zero-order valence-electron chi connectivity index (χ0n) is 10.6. The molecule has 1 aromatic rings. The molecule has 4 nitrogen and oxygen atoms in total. The Hall–Kier alpha value is -1.10. The number of carboxylic acid groups (broad SMARTS) is 1. The summed E-state index contributed by atoms with van der Waals surface area (Å²) in [6.07, 6.45) is 0.144. The summed E-state index contributed by atoms with van der Waals surface area (Å²) in [4.78, 5) is 19.4. The fraction of sp³-hybridized carbons (Fsp3) is 0.583. The van der Waals surface area contributed by atoms with E-state index in [2.05, 4.69) is 9.97 Å². The first-order valence-corrected chi connectivity index (χ1v) is 6.50. The van der Waals surface area contributed by atoms with Gasteiger partial charge in [-0.05, 0) is 13.0 Å². The maximum Gasteiger partial charge on any atom is 0.304 e. The molecule has 1 aromatic heterocycles. The molecule has 0 saturated carbocycles. The Morgan fingerprint density at radius 2 is 2.06 bits per heavy atom. The third-order valence-corrected chi connectivity index (χ3v) is 3.17. The largest absolute Gasteiger partial charge is 0.481 e. The fourth-order valence-electron chi connectivity index (χ4n) is 1.37. The number of nitrogens with zero attached hydrogens (tertiary/aromatic N) is 2. The van der Waals surface area contributed by atoms with Gasteiger partial charge < -0.3 is 5.11 Å². The molecule has 0 radical (unpaired) electrons. The molecule has 0 spiro atoms. The first-order valence-electron chi connectivity index (χ1n) is 5.62. The fourth-order valence-corrected chi connectivity index (χ4v) is 2.40. The lowest BCUT2D eigenvalue weighted by atomic mass is 10.2. The highest BCUT2D eigenvalue weighted by molar-refractivity contribution is 7.99. The topological polar surface area (TPSA) is 63.1 Å². The van der Waals surface area contributed by atoms with Crippen molar-refractivity contribution >= 4 is 17.7 Å². The number of rotatable bonds is 5. The Balaban J connectivity index is 2.80. The van der Waals surface area contributed by atoms with Gasteiger partial charge in [-0.2, -0.15) is 0 Å². The van der Waals surface area contributed by atoms with Crippen molar-refractivity contribution in [2.75, 3.05) is 0 Å².